The first kappa shape index (κ1) is 416. The maximum Gasteiger partial charge on any atom is 2.00 e. The van der Waals surface area contributed by atoms with Crippen LogP contribution in [-0.2, 0) is 0 Å². The van der Waals surface area contributed by atoms with Gasteiger partial charge in [0.25, 0.3) is 0 Å². The topological polar surface area (TPSA) is 189 Å². The summed E-state index contributed by atoms with van der Waals surface area (Å²) in [4.78, 5) is 0. The van der Waals surface area contributed by atoms with Gasteiger partial charge in [0.15, 0.2) is 0 Å². The summed E-state index contributed by atoms with van der Waals surface area (Å²) >= 11 is 0. The van der Waals surface area contributed by atoms with Gasteiger partial charge in [-0.1, -0.05) is 0 Å². The Kier molecular flexibility index (Phi) is 12300. The molecule has 0 aliphatic heterocycles. The smallest absolute Gasteiger partial charge is 1.00 e. The van der Waals surface area contributed by atoms with Crippen molar-refractivity contribution in [3.05, 3.63) is 0 Å². The van der Waals surface area contributed by atoms with E-state index in [1.807, 2.05) is 0 Å². The Balaban J connectivity index is 0. The third-order valence-corrected chi connectivity index (χ3v) is 0. The van der Waals surface area contributed by atoms with Gasteiger partial charge in [0, 0.05) is 0 Å². The Bertz CT molecular complexity index is 23.8. The molecule has 0 aliphatic rings. The van der Waals surface area contributed by atoms with Crippen molar-refractivity contribution in [2.45, 2.75) is 0 Å². The van der Waals surface area contributed by atoms with Crippen LogP contribution in [0.4, 0.5) is 0 Å². The first-order valence-electron chi connectivity index (χ1n) is 0. The molecule has 11 heavy (non-hydrogen) atoms. The first-order chi connectivity index (χ1) is 0. The van der Waals surface area contributed by atoms with Crippen LogP contribution in [0.5, 0.6) is 0 Å². The summed E-state index contributed by atoms with van der Waals surface area (Å²) < 4.78 is 0. The van der Waals surface area contributed by atoms with Crippen LogP contribution in [0.2, 0.25) is 0 Å². The van der Waals surface area contributed by atoms with Crippen molar-refractivity contribution in [3.63, 3.8) is 0 Å². The quantitative estimate of drug-likeness (QED) is 0.376. The van der Waals surface area contributed by atoms with E-state index in [0.29, 0.717) is 0 Å². The standard InChI is InChI=1S/3ClH.2Mg.6H2O.2H/h3*1H;;;6*1H2;;/q;;;2*+2;;;;;;;2*-1/p-2. The summed E-state index contributed by atoms with van der Waals surface area (Å²) in [5, 5.41) is 0. The van der Waals surface area contributed by atoms with Gasteiger partial charge >= 0.3 is 46.1 Å². The van der Waals surface area contributed by atoms with Crippen LogP contribution in [0.3, 0.4) is 0 Å². The van der Waals surface area contributed by atoms with Crippen molar-refractivity contribution in [2.24, 2.45) is 0 Å². The van der Waals surface area contributed by atoms with Crippen LogP contribution in [0.15, 0.2) is 0 Å². The van der Waals surface area contributed by atoms with Crippen LogP contribution in [0, 0.1) is 0 Å². The van der Waals surface area contributed by atoms with Crippen molar-refractivity contribution in [1.82, 2.24) is 0 Å². The van der Waals surface area contributed by atoms with E-state index in [2.05, 4.69) is 0 Å². The van der Waals surface area contributed by atoms with E-state index in [9.17, 15) is 0 Å². The molecule has 0 heterocycles. The Labute approximate surface area is 118 Å². The number of halogens is 3. The molecule has 0 radical (unpaired) electrons. The van der Waals surface area contributed by atoms with Crippen molar-refractivity contribution in [1.29, 1.82) is 0 Å². The molecule has 0 atom stereocenters. The second kappa shape index (κ2) is 324. The van der Waals surface area contributed by atoms with E-state index in [1.165, 1.54) is 0 Å². The molecule has 0 saturated carbocycles. The second-order valence-electron chi connectivity index (χ2n) is 0. The molecule has 6 nitrogen and oxygen atoms in total. The third-order valence-electron chi connectivity index (χ3n) is 0. The van der Waals surface area contributed by atoms with E-state index in [0.717, 1.165) is 0 Å². The van der Waals surface area contributed by atoms with Gasteiger partial charge in [-0.2, -0.15) is 0 Å². The largest absolute Gasteiger partial charge is 2.00 e. The van der Waals surface area contributed by atoms with Gasteiger partial charge in [0.1, 0.15) is 0 Å². The molecular formula is H15Cl3Mg2O6. The maximum atomic E-state index is 0. The number of hydrogen-bond donors (Lipinski definition) is 0. The summed E-state index contributed by atoms with van der Waals surface area (Å²) in [7, 11) is 0. The van der Waals surface area contributed by atoms with Crippen LogP contribution >= 0.6 is 12.4 Å². The summed E-state index contributed by atoms with van der Waals surface area (Å²) in [6.07, 6.45) is 0. The molecule has 0 fully saturated rings. The summed E-state index contributed by atoms with van der Waals surface area (Å²) in [6.45, 7) is 0. The molecule has 12 N–H and O–H groups in total. The van der Waals surface area contributed by atoms with E-state index in [4.69, 9.17) is 0 Å². The van der Waals surface area contributed by atoms with Crippen molar-refractivity contribution in [3.8, 4) is 0 Å². The third kappa shape index (κ3) is 269. The van der Waals surface area contributed by atoms with Crippen molar-refractivity contribution < 1.29 is 60.5 Å². The van der Waals surface area contributed by atoms with Crippen LogP contribution < -0.4 is 24.8 Å². The Morgan fingerprint density at radius 3 is 0.455 bits per heavy atom. The fourth-order valence-electron chi connectivity index (χ4n) is 0. The van der Waals surface area contributed by atoms with Crippen LogP contribution in [0.25, 0.3) is 0 Å². The zero-order valence-corrected chi connectivity index (χ0v) is 10.7. The maximum absolute atomic E-state index is 0. The molecule has 0 aromatic carbocycles. The number of rotatable bonds is 0. The predicted molar refractivity (Wildman–Crippen MR) is 42.7 cm³/mol. The van der Waals surface area contributed by atoms with Crippen molar-refractivity contribution in [2.75, 3.05) is 0 Å². The second-order valence-corrected chi connectivity index (χ2v) is 0. The minimum absolute atomic E-state index is 0. The zero-order chi connectivity index (χ0) is 0. The minimum Gasteiger partial charge on any atom is -1.00 e. The SMILES string of the molecule is Cl.O.O.O.O.O.O.[Cl-].[Cl-].[H-].[H-].[Mg+2].[Mg+2]. The fourth-order valence-corrected chi connectivity index (χ4v) is 0. The van der Waals surface area contributed by atoms with Crippen LogP contribution in [-0.4, -0.2) is 79.0 Å². The van der Waals surface area contributed by atoms with Gasteiger partial charge in [-0.15, -0.1) is 12.4 Å². The monoisotopic (exact) mass is 264 g/mol. The van der Waals surface area contributed by atoms with Crippen LogP contribution in [0.1, 0.15) is 2.85 Å². The Hall–Kier alpha value is 2.16. The zero-order valence-electron chi connectivity index (χ0n) is 7.58. The predicted octanol–water partition coefficient (Wildman–Crippen LogP) is -11.1. The summed E-state index contributed by atoms with van der Waals surface area (Å²) in [5.41, 5.74) is 0. The molecule has 0 unspecified atom stereocenters. The van der Waals surface area contributed by atoms with Crippen molar-refractivity contribution >= 4 is 58.5 Å². The summed E-state index contributed by atoms with van der Waals surface area (Å²) in [6, 6.07) is 0. The summed E-state index contributed by atoms with van der Waals surface area (Å²) in [5.74, 6) is 0. The molecule has 0 amide bonds. The fraction of sp³-hybridized carbons (Fsp3) is 0. The molecule has 0 rings (SSSR count). The van der Waals surface area contributed by atoms with Gasteiger partial charge in [-0.3, -0.25) is 0 Å². The van der Waals surface area contributed by atoms with Gasteiger partial charge in [-0.25, -0.2) is 0 Å². The minimum atomic E-state index is 0. The van der Waals surface area contributed by atoms with E-state index >= 15 is 0 Å². The van der Waals surface area contributed by atoms with Gasteiger partial charge in [0.2, 0.25) is 0 Å². The number of hydrogen-bond acceptors (Lipinski definition) is 0. The van der Waals surface area contributed by atoms with E-state index < -0.39 is 0 Å². The average Bonchev–Trinajstić information content (AvgIpc) is 0. The molecule has 0 aliphatic carbocycles. The van der Waals surface area contributed by atoms with E-state index in [1.54, 1.807) is 0 Å². The van der Waals surface area contributed by atoms with Gasteiger partial charge in [0.05, 0.1) is 0 Å². The molecule has 0 aromatic heterocycles. The molecule has 76 valence electrons. The molecule has 11 heteroatoms. The van der Waals surface area contributed by atoms with Gasteiger partial charge in [-0.05, 0) is 0 Å². The first-order valence-corrected chi connectivity index (χ1v) is 0. The molecule has 0 aromatic rings. The average molecular weight is 266 g/mol. The van der Waals surface area contributed by atoms with E-state index in [-0.39, 0.29) is 119 Å². The Morgan fingerprint density at radius 2 is 0.455 bits per heavy atom. The normalized spacial score (nSPS) is 0. The Morgan fingerprint density at radius 1 is 0.455 bits per heavy atom. The molecule has 0 saturated heterocycles. The molecular weight excluding hydrogens is 251 g/mol. The van der Waals surface area contributed by atoms with Gasteiger partial charge < -0.3 is 60.5 Å². The molecule has 0 bridgehead atoms. The molecule has 0 spiro atoms.